The smallest absolute Gasteiger partial charge is 0.408 e. The van der Waals surface area contributed by atoms with Crippen LogP contribution in [0.15, 0.2) is 44.2 Å². The topological polar surface area (TPSA) is 155 Å². The highest BCUT2D eigenvalue weighted by Crippen LogP contribution is 2.31. The molecule has 2 aromatic heterocycles. The molecule has 186 valence electrons. The Morgan fingerprint density at radius 3 is 2.54 bits per heavy atom. The highest BCUT2D eigenvalue weighted by atomic mass is 16.6. The molecule has 11 nitrogen and oxygen atoms in total. The molecule has 1 aromatic carbocycles. The lowest BCUT2D eigenvalue weighted by molar-refractivity contribution is -0.136. The molecule has 2 N–H and O–H groups in total. The van der Waals surface area contributed by atoms with E-state index in [9.17, 15) is 24.3 Å². The fourth-order valence-electron chi connectivity index (χ4n) is 2.98. The monoisotopic (exact) mass is 487 g/mol. The van der Waals surface area contributed by atoms with Gasteiger partial charge < -0.3 is 33.5 Å². The van der Waals surface area contributed by atoms with Crippen molar-refractivity contribution in [1.82, 2.24) is 5.32 Å². The van der Waals surface area contributed by atoms with Gasteiger partial charge in [-0.2, -0.15) is 0 Å². The molecule has 0 aliphatic heterocycles. The van der Waals surface area contributed by atoms with Gasteiger partial charge in [0, 0.05) is 12.1 Å². The van der Waals surface area contributed by atoms with E-state index >= 15 is 0 Å². The summed E-state index contributed by atoms with van der Waals surface area (Å²) < 4.78 is 26.0. The van der Waals surface area contributed by atoms with E-state index in [0.29, 0.717) is 0 Å². The van der Waals surface area contributed by atoms with Crippen LogP contribution in [0.3, 0.4) is 0 Å². The van der Waals surface area contributed by atoms with Crippen LogP contribution in [0.1, 0.15) is 45.2 Å². The number of hydrogen-bond acceptors (Lipinski definition) is 10. The van der Waals surface area contributed by atoms with Crippen molar-refractivity contribution in [1.29, 1.82) is 0 Å². The standard InChI is InChI=1S/C24H25NO10/c1-6-31-22(29)17-8-7-16(34-17)14-11-32-18-10-13(9-15(26)19(18)20(14)27)33-21(28)12(2)25-23(30)35-24(3,4)5/h7-12,26H,6H2,1-5H3,(H,25,30)/t12-/m1/s1. The van der Waals surface area contributed by atoms with E-state index in [4.69, 9.17) is 23.0 Å². The highest BCUT2D eigenvalue weighted by molar-refractivity contribution is 5.90. The van der Waals surface area contributed by atoms with E-state index in [-0.39, 0.29) is 40.4 Å². The molecule has 1 atom stereocenters. The summed E-state index contributed by atoms with van der Waals surface area (Å²) in [6, 6.07) is 3.99. The Morgan fingerprint density at radius 2 is 1.89 bits per heavy atom. The molecule has 2 heterocycles. The average molecular weight is 487 g/mol. The van der Waals surface area contributed by atoms with Gasteiger partial charge in [0.05, 0.1) is 6.61 Å². The molecule has 1 amide bonds. The lowest BCUT2D eigenvalue weighted by Crippen LogP contribution is -2.43. The molecule has 0 aliphatic carbocycles. The first kappa shape index (κ1) is 25.3. The van der Waals surface area contributed by atoms with Crippen molar-refractivity contribution in [3.63, 3.8) is 0 Å². The van der Waals surface area contributed by atoms with Gasteiger partial charge in [-0.15, -0.1) is 0 Å². The van der Waals surface area contributed by atoms with Gasteiger partial charge >= 0.3 is 18.0 Å². The summed E-state index contributed by atoms with van der Waals surface area (Å²) in [5.74, 6) is -2.20. The van der Waals surface area contributed by atoms with E-state index in [1.54, 1.807) is 27.7 Å². The molecule has 0 saturated heterocycles. The average Bonchev–Trinajstić information content (AvgIpc) is 3.22. The van der Waals surface area contributed by atoms with Crippen molar-refractivity contribution in [2.24, 2.45) is 0 Å². The minimum atomic E-state index is -1.07. The number of carbonyl (C=O) groups excluding carboxylic acids is 3. The SMILES string of the molecule is CCOC(=O)c1ccc(-c2coc3cc(OC(=O)[C@@H](C)NC(=O)OC(C)(C)C)cc(O)c3c2=O)o1. The van der Waals surface area contributed by atoms with Gasteiger partial charge in [-0.05, 0) is 46.8 Å². The fourth-order valence-corrected chi connectivity index (χ4v) is 2.98. The van der Waals surface area contributed by atoms with Crippen LogP contribution in [-0.4, -0.2) is 41.4 Å². The molecule has 35 heavy (non-hydrogen) atoms. The summed E-state index contributed by atoms with van der Waals surface area (Å²) in [6.07, 6.45) is 0.293. The summed E-state index contributed by atoms with van der Waals surface area (Å²) in [5, 5.41) is 12.6. The van der Waals surface area contributed by atoms with Crippen molar-refractivity contribution in [2.75, 3.05) is 6.61 Å². The molecule has 0 bridgehead atoms. The third kappa shape index (κ3) is 5.99. The van der Waals surface area contributed by atoms with E-state index < -0.39 is 40.9 Å². The van der Waals surface area contributed by atoms with Crippen LogP contribution >= 0.6 is 0 Å². The Hall–Kier alpha value is -4.28. The second-order valence-electron chi connectivity index (χ2n) is 8.47. The molecule has 0 saturated carbocycles. The number of furan rings is 1. The number of aromatic hydroxyl groups is 1. The summed E-state index contributed by atoms with van der Waals surface area (Å²) in [4.78, 5) is 49.0. The quantitative estimate of drug-likeness (QED) is 0.388. The number of fused-ring (bicyclic) bond motifs is 1. The number of esters is 2. The number of rotatable bonds is 6. The van der Waals surface area contributed by atoms with Crippen molar-refractivity contribution in [3.8, 4) is 22.8 Å². The van der Waals surface area contributed by atoms with Crippen molar-refractivity contribution in [2.45, 2.75) is 46.3 Å². The summed E-state index contributed by atoms with van der Waals surface area (Å²) in [7, 11) is 0. The Labute approximate surface area is 199 Å². The number of phenols is 1. The number of nitrogens with one attached hydrogen (secondary N) is 1. The number of alkyl carbamates (subject to hydrolysis) is 1. The first-order valence-corrected chi connectivity index (χ1v) is 10.7. The number of benzene rings is 1. The van der Waals surface area contributed by atoms with Gasteiger partial charge in [0.25, 0.3) is 0 Å². The Morgan fingerprint density at radius 1 is 1.17 bits per heavy atom. The predicted molar refractivity (Wildman–Crippen MR) is 122 cm³/mol. The zero-order valence-corrected chi connectivity index (χ0v) is 19.8. The lowest BCUT2D eigenvalue weighted by Gasteiger charge is -2.21. The third-order valence-electron chi connectivity index (χ3n) is 4.48. The first-order chi connectivity index (χ1) is 16.4. The zero-order chi connectivity index (χ0) is 25.9. The van der Waals surface area contributed by atoms with Gasteiger partial charge in [0.15, 0.2) is 0 Å². The van der Waals surface area contributed by atoms with Crippen molar-refractivity contribution in [3.05, 3.63) is 46.5 Å². The largest absolute Gasteiger partial charge is 0.507 e. The van der Waals surface area contributed by atoms with Gasteiger partial charge in [0.2, 0.25) is 11.2 Å². The molecular weight excluding hydrogens is 462 g/mol. The van der Waals surface area contributed by atoms with Crippen molar-refractivity contribution < 1.29 is 42.5 Å². The van der Waals surface area contributed by atoms with Gasteiger partial charge in [-0.1, -0.05) is 0 Å². The lowest BCUT2D eigenvalue weighted by atomic mass is 10.1. The normalized spacial score (nSPS) is 12.1. The predicted octanol–water partition coefficient (Wildman–Crippen LogP) is 3.75. The molecule has 0 fully saturated rings. The van der Waals surface area contributed by atoms with Gasteiger partial charge in [0.1, 0.15) is 51.7 Å². The Kier molecular flexibility index (Phi) is 7.18. The van der Waals surface area contributed by atoms with E-state index in [2.05, 4.69) is 5.32 Å². The summed E-state index contributed by atoms with van der Waals surface area (Å²) in [6.45, 7) is 8.23. The molecule has 0 aliphatic rings. The number of hydrogen-bond donors (Lipinski definition) is 2. The maximum Gasteiger partial charge on any atom is 0.408 e. The minimum Gasteiger partial charge on any atom is -0.507 e. The molecule has 3 aromatic rings. The van der Waals surface area contributed by atoms with E-state index in [1.807, 2.05) is 0 Å². The second-order valence-corrected chi connectivity index (χ2v) is 8.47. The molecule has 0 unspecified atom stereocenters. The molecule has 0 spiro atoms. The van der Waals surface area contributed by atoms with Gasteiger partial charge in [-0.25, -0.2) is 14.4 Å². The number of ether oxygens (including phenoxy) is 3. The van der Waals surface area contributed by atoms with Crippen LogP contribution in [0.4, 0.5) is 4.79 Å². The Bertz CT molecular complexity index is 1330. The van der Waals surface area contributed by atoms with Crippen LogP contribution < -0.4 is 15.5 Å². The number of amides is 1. The molecule has 3 rings (SSSR count). The van der Waals surface area contributed by atoms with Crippen molar-refractivity contribution >= 4 is 29.0 Å². The number of phenolic OH excluding ortho intramolecular Hbond substituents is 1. The fraction of sp³-hybridized carbons (Fsp3) is 0.333. The maximum absolute atomic E-state index is 13.0. The number of carbonyl (C=O) groups is 3. The van der Waals surface area contributed by atoms with Crippen LogP contribution in [-0.2, 0) is 14.3 Å². The zero-order valence-electron chi connectivity index (χ0n) is 19.8. The van der Waals surface area contributed by atoms with E-state index in [0.717, 1.165) is 12.3 Å². The molecule has 0 radical (unpaired) electrons. The first-order valence-electron chi connectivity index (χ1n) is 10.7. The van der Waals surface area contributed by atoms with Crippen LogP contribution in [0.2, 0.25) is 0 Å². The third-order valence-corrected chi connectivity index (χ3v) is 4.48. The van der Waals surface area contributed by atoms with E-state index in [1.165, 1.54) is 25.1 Å². The summed E-state index contributed by atoms with van der Waals surface area (Å²) >= 11 is 0. The summed E-state index contributed by atoms with van der Waals surface area (Å²) in [5.41, 5.74) is -1.48. The van der Waals surface area contributed by atoms with Crippen LogP contribution in [0.5, 0.6) is 11.5 Å². The minimum absolute atomic E-state index is 0.0386. The molecular formula is C24H25NO10. The van der Waals surface area contributed by atoms with Crippen LogP contribution in [0, 0.1) is 0 Å². The van der Waals surface area contributed by atoms with Gasteiger partial charge in [-0.3, -0.25) is 4.79 Å². The second kappa shape index (κ2) is 9.92. The Balaban J connectivity index is 1.82. The highest BCUT2D eigenvalue weighted by Gasteiger charge is 2.24. The van der Waals surface area contributed by atoms with Crippen LogP contribution in [0.25, 0.3) is 22.3 Å². The maximum atomic E-state index is 13.0. The molecule has 11 heteroatoms.